The molecule has 1 fully saturated rings. The molecule has 1 atom stereocenters. The molecule has 1 amide bonds. The van der Waals surface area contributed by atoms with Crippen molar-refractivity contribution in [1.29, 1.82) is 10.5 Å². The van der Waals surface area contributed by atoms with E-state index in [1.165, 1.54) is 6.33 Å². The molecule has 29 heavy (non-hydrogen) atoms. The van der Waals surface area contributed by atoms with Gasteiger partial charge in [0.05, 0.1) is 17.7 Å². The summed E-state index contributed by atoms with van der Waals surface area (Å²) >= 11 is 0. The van der Waals surface area contributed by atoms with E-state index >= 15 is 0 Å². The molecule has 2 aromatic rings. The average Bonchev–Trinajstić information content (AvgIpc) is 3.29. The zero-order valence-corrected chi connectivity index (χ0v) is 15.8. The Hall–Kier alpha value is -3.78. The van der Waals surface area contributed by atoms with Crippen molar-refractivity contribution in [2.75, 3.05) is 18.0 Å². The van der Waals surface area contributed by atoms with E-state index in [1.54, 1.807) is 23.4 Å². The summed E-state index contributed by atoms with van der Waals surface area (Å²) in [6, 6.07) is 13.0. The van der Waals surface area contributed by atoms with E-state index in [2.05, 4.69) is 26.0 Å². The maximum Gasteiger partial charge on any atom is 0.246 e. The van der Waals surface area contributed by atoms with E-state index in [4.69, 9.17) is 10.5 Å². The largest absolute Gasteiger partial charge is 0.356 e. The van der Waals surface area contributed by atoms with Gasteiger partial charge in [-0.25, -0.2) is 15.0 Å². The summed E-state index contributed by atoms with van der Waals surface area (Å²) in [4.78, 5) is 23.4. The number of carbonyl (C=O) groups is 1. The second-order valence-corrected chi connectivity index (χ2v) is 7.10. The zero-order valence-electron chi connectivity index (χ0n) is 15.8. The number of aromatic nitrogens is 2. The molecule has 1 aromatic heterocycles. The number of anilines is 1. The van der Waals surface area contributed by atoms with E-state index in [9.17, 15) is 4.79 Å². The number of piperidine rings is 1. The molecule has 8 nitrogen and oxygen atoms in total. The second-order valence-electron chi connectivity index (χ2n) is 7.10. The van der Waals surface area contributed by atoms with Gasteiger partial charge in [-0.15, -0.1) is 0 Å². The molecule has 8 heteroatoms. The van der Waals surface area contributed by atoms with Crippen molar-refractivity contribution < 1.29 is 4.79 Å². The second kappa shape index (κ2) is 8.07. The summed E-state index contributed by atoms with van der Waals surface area (Å²) in [5.41, 5.74) is 1.84. The Kier molecular flexibility index (Phi) is 5.17. The topological polar surface area (TPSA) is 109 Å². The molecule has 4 rings (SSSR count). The van der Waals surface area contributed by atoms with E-state index in [0.717, 1.165) is 5.56 Å². The molecule has 0 aliphatic carbocycles. The van der Waals surface area contributed by atoms with Crippen molar-refractivity contribution in [2.24, 2.45) is 11.0 Å². The van der Waals surface area contributed by atoms with Crippen LogP contribution in [0.3, 0.4) is 0 Å². The van der Waals surface area contributed by atoms with Gasteiger partial charge in [-0.2, -0.15) is 15.6 Å². The first-order chi connectivity index (χ1) is 14.2. The third kappa shape index (κ3) is 3.78. The molecule has 2 aliphatic heterocycles. The van der Waals surface area contributed by atoms with Crippen molar-refractivity contribution >= 4 is 17.9 Å². The molecule has 0 spiro atoms. The summed E-state index contributed by atoms with van der Waals surface area (Å²) in [5.74, 6) is 0.624. The highest BCUT2D eigenvalue weighted by molar-refractivity contribution is 5.82. The van der Waals surface area contributed by atoms with Crippen LogP contribution in [0.4, 0.5) is 5.82 Å². The van der Waals surface area contributed by atoms with Crippen LogP contribution in [0.2, 0.25) is 0 Å². The lowest BCUT2D eigenvalue weighted by molar-refractivity contribution is -0.138. The quantitative estimate of drug-likeness (QED) is 0.802. The van der Waals surface area contributed by atoms with Gasteiger partial charge in [0.15, 0.2) is 0 Å². The Morgan fingerprint density at radius 2 is 1.93 bits per heavy atom. The van der Waals surface area contributed by atoms with Crippen molar-refractivity contribution in [1.82, 2.24) is 15.0 Å². The number of nitrogens with zero attached hydrogens (tertiary/aromatic N) is 7. The normalized spacial score (nSPS) is 19.0. The van der Waals surface area contributed by atoms with Gasteiger partial charge in [0.1, 0.15) is 23.9 Å². The number of nitriles is 2. The third-order valence-electron chi connectivity index (χ3n) is 5.39. The van der Waals surface area contributed by atoms with Crippen LogP contribution in [0.5, 0.6) is 0 Å². The molecule has 0 bridgehead atoms. The van der Waals surface area contributed by atoms with Gasteiger partial charge in [-0.05, 0) is 30.5 Å². The monoisotopic (exact) mass is 385 g/mol. The summed E-state index contributed by atoms with van der Waals surface area (Å²) in [6.07, 6.45) is 5.20. The maximum absolute atomic E-state index is 13.1. The van der Waals surface area contributed by atoms with Crippen LogP contribution in [0, 0.1) is 28.6 Å². The predicted molar refractivity (Wildman–Crippen MR) is 106 cm³/mol. The predicted octanol–water partition coefficient (Wildman–Crippen LogP) is 2.40. The fourth-order valence-electron chi connectivity index (χ4n) is 3.84. The molecule has 1 aromatic carbocycles. The molecule has 0 saturated carbocycles. The molecular formula is C21H19N7O. The fourth-order valence-corrected chi connectivity index (χ4v) is 3.84. The van der Waals surface area contributed by atoms with Gasteiger partial charge in [-0.1, -0.05) is 12.1 Å². The summed E-state index contributed by atoms with van der Waals surface area (Å²) < 4.78 is 0. The van der Waals surface area contributed by atoms with Gasteiger partial charge in [0, 0.05) is 37.7 Å². The number of carbonyl (C=O) groups excluding carboxylic acids is 1. The highest BCUT2D eigenvalue weighted by Gasteiger charge is 2.35. The van der Waals surface area contributed by atoms with Crippen LogP contribution in [-0.4, -0.2) is 40.2 Å². The van der Waals surface area contributed by atoms with Gasteiger partial charge in [0.2, 0.25) is 5.91 Å². The average molecular weight is 385 g/mol. The first-order valence-corrected chi connectivity index (χ1v) is 9.52. The number of hydrogen-bond acceptors (Lipinski definition) is 7. The molecule has 0 N–H and O–H groups in total. The molecule has 3 heterocycles. The van der Waals surface area contributed by atoms with E-state index < -0.39 is 0 Å². The van der Waals surface area contributed by atoms with E-state index in [-0.39, 0.29) is 17.9 Å². The van der Waals surface area contributed by atoms with Crippen LogP contribution in [0.25, 0.3) is 0 Å². The minimum absolute atomic E-state index is 0.0196. The van der Waals surface area contributed by atoms with E-state index in [1.807, 2.05) is 24.3 Å². The Bertz CT molecular complexity index is 1030. The first-order valence-electron chi connectivity index (χ1n) is 9.52. The van der Waals surface area contributed by atoms with Crippen LogP contribution in [0.15, 0.2) is 41.8 Å². The van der Waals surface area contributed by atoms with Crippen molar-refractivity contribution in [3.63, 3.8) is 0 Å². The number of rotatable bonds is 3. The lowest BCUT2D eigenvalue weighted by Crippen LogP contribution is -2.41. The number of hydrazone groups is 1. The van der Waals surface area contributed by atoms with Gasteiger partial charge in [-0.3, -0.25) is 4.79 Å². The zero-order chi connectivity index (χ0) is 20.2. The summed E-state index contributed by atoms with van der Waals surface area (Å²) in [7, 11) is 0. The first kappa shape index (κ1) is 18.6. The van der Waals surface area contributed by atoms with Crippen LogP contribution in [0.1, 0.15) is 42.1 Å². The third-order valence-corrected chi connectivity index (χ3v) is 5.39. The summed E-state index contributed by atoms with van der Waals surface area (Å²) in [5, 5.41) is 24.1. The maximum atomic E-state index is 13.1. The highest BCUT2D eigenvalue weighted by Crippen LogP contribution is 2.32. The molecule has 1 unspecified atom stereocenters. The molecular weight excluding hydrogens is 366 g/mol. The minimum Gasteiger partial charge on any atom is -0.356 e. The lowest BCUT2D eigenvalue weighted by atomic mass is 9.94. The van der Waals surface area contributed by atoms with Crippen molar-refractivity contribution in [2.45, 2.75) is 25.3 Å². The Balaban J connectivity index is 1.43. The molecule has 0 radical (unpaired) electrons. The molecule has 2 aliphatic rings. The minimum atomic E-state index is -0.158. The van der Waals surface area contributed by atoms with Crippen molar-refractivity contribution in [3.8, 4) is 12.1 Å². The number of amides is 1. The fraction of sp³-hybridized carbons (Fsp3) is 0.333. The molecule has 144 valence electrons. The Morgan fingerprint density at radius 1 is 1.10 bits per heavy atom. The smallest absolute Gasteiger partial charge is 0.246 e. The highest BCUT2D eigenvalue weighted by atomic mass is 16.2. The van der Waals surface area contributed by atoms with Crippen LogP contribution >= 0.6 is 0 Å². The Morgan fingerprint density at radius 3 is 2.69 bits per heavy atom. The van der Waals surface area contributed by atoms with Crippen LogP contribution in [-0.2, 0) is 4.79 Å². The van der Waals surface area contributed by atoms with Crippen LogP contribution < -0.4 is 4.90 Å². The van der Waals surface area contributed by atoms with Crippen molar-refractivity contribution in [3.05, 3.63) is 53.5 Å². The molecule has 1 saturated heterocycles. The Labute approximate surface area is 168 Å². The SMILES string of the molecule is N#Cc1cccc(C2CC=NN2C(=O)C2CCN(c3cc(C#N)ncn3)CC2)c1. The van der Waals surface area contributed by atoms with Gasteiger partial charge >= 0.3 is 0 Å². The standard InChI is InChI=1S/C21H19N7O/c22-12-15-2-1-3-17(10-15)19-4-7-26-28(19)21(29)16-5-8-27(9-6-16)20-11-18(13-23)24-14-25-20/h1-3,7,10-11,14,16,19H,4-6,8-9H2. The van der Waals surface area contributed by atoms with Gasteiger partial charge in [0.25, 0.3) is 0 Å². The number of hydrogen-bond donors (Lipinski definition) is 0. The summed E-state index contributed by atoms with van der Waals surface area (Å²) in [6.45, 7) is 1.37. The lowest BCUT2D eigenvalue weighted by Gasteiger charge is -2.34. The van der Waals surface area contributed by atoms with E-state index in [0.29, 0.717) is 49.4 Å². The van der Waals surface area contributed by atoms with Gasteiger partial charge < -0.3 is 4.90 Å². The number of benzene rings is 1.